The topological polar surface area (TPSA) is 29.5 Å². The third-order valence-electron chi connectivity index (χ3n) is 3.84. The molecule has 0 unspecified atom stereocenters. The van der Waals surface area contributed by atoms with Crippen LogP contribution in [0.5, 0.6) is 0 Å². The van der Waals surface area contributed by atoms with E-state index in [2.05, 4.69) is 40.4 Å². The number of likely N-dealkylation sites (tertiary alicyclic amines) is 1. The van der Waals surface area contributed by atoms with Crippen LogP contribution in [0.2, 0.25) is 18.1 Å². The zero-order valence-electron chi connectivity index (χ0n) is 11.7. The Hall–Kier alpha value is -0.613. The Morgan fingerprint density at radius 1 is 1.53 bits per heavy atom. The van der Waals surface area contributed by atoms with Gasteiger partial charge in [0.25, 0.3) is 5.91 Å². The van der Waals surface area contributed by atoms with Crippen LogP contribution < -0.4 is 0 Å². The predicted octanol–water partition coefficient (Wildman–Crippen LogP) is 2.80. The van der Waals surface area contributed by atoms with Gasteiger partial charge in [-0.15, -0.1) is 6.58 Å². The van der Waals surface area contributed by atoms with Crippen molar-refractivity contribution < 1.29 is 9.22 Å². The molecule has 1 heterocycles. The summed E-state index contributed by atoms with van der Waals surface area (Å²) in [6.45, 7) is 16.1. The van der Waals surface area contributed by atoms with E-state index in [0.717, 1.165) is 13.0 Å². The van der Waals surface area contributed by atoms with Crippen molar-refractivity contribution in [2.45, 2.75) is 51.4 Å². The van der Waals surface area contributed by atoms with Gasteiger partial charge in [0.05, 0.1) is 0 Å². The average molecular weight is 255 g/mol. The summed E-state index contributed by atoms with van der Waals surface area (Å²) in [5, 5.41) is 0.152. The Labute approximate surface area is 106 Å². The fraction of sp³-hybridized carbons (Fsp3) is 0.769. The van der Waals surface area contributed by atoms with Crippen LogP contribution in [0.15, 0.2) is 12.7 Å². The Balaban J connectivity index is 2.66. The lowest BCUT2D eigenvalue weighted by Gasteiger charge is -2.37. The molecule has 1 rings (SSSR count). The quantitative estimate of drug-likeness (QED) is 0.571. The van der Waals surface area contributed by atoms with Gasteiger partial charge in [-0.1, -0.05) is 26.8 Å². The molecule has 0 aliphatic carbocycles. The van der Waals surface area contributed by atoms with Gasteiger partial charge in [0, 0.05) is 13.1 Å². The van der Waals surface area contributed by atoms with E-state index in [1.807, 2.05) is 4.90 Å². The molecule has 0 bridgehead atoms. The summed E-state index contributed by atoms with van der Waals surface area (Å²) in [6.07, 6.45) is 2.36. The first-order valence-corrected chi connectivity index (χ1v) is 9.17. The van der Waals surface area contributed by atoms with Gasteiger partial charge in [-0.3, -0.25) is 4.79 Å². The molecular weight excluding hydrogens is 230 g/mol. The molecule has 3 nitrogen and oxygen atoms in total. The van der Waals surface area contributed by atoms with Crippen molar-refractivity contribution in [3.05, 3.63) is 12.7 Å². The normalized spacial score (nSPS) is 22.1. The Bertz CT molecular complexity index is 307. The number of amides is 1. The van der Waals surface area contributed by atoms with Crippen LogP contribution in [0.1, 0.15) is 27.2 Å². The molecular formula is C13H25NO2Si. The molecule has 0 N–H and O–H groups in total. The molecule has 4 heteroatoms. The molecule has 98 valence electrons. The summed E-state index contributed by atoms with van der Waals surface area (Å²) in [5.41, 5.74) is 0. The maximum absolute atomic E-state index is 12.1. The zero-order chi connectivity index (χ0) is 13.3. The maximum atomic E-state index is 12.1. The van der Waals surface area contributed by atoms with Gasteiger partial charge in [0.15, 0.2) is 8.32 Å². The minimum absolute atomic E-state index is 0.134. The predicted molar refractivity (Wildman–Crippen MR) is 73.5 cm³/mol. The molecule has 1 fully saturated rings. The summed E-state index contributed by atoms with van der Waals surface area (Å²) >= 11 is 0. The monoisotopic (exact) mass is 255 g/mol. The zero-order valence-corrected chi connectivity index (χ0v) is 12.7. The van der Waals surface area contributed by atoms with Crippen LogP contribution >= 0.6 is 0 Å². The van der Waals surface area contributed by atoms with E-state index in [9.17, 15) is 4.79 Å². The maximum Gasteiger partial charge on any atom is 0.250 e. The fourth-order valence-electron chi connectivity index (χ4n) is 1.69. The van der Waals surface area contributed by atoms with Gasteiger partial charge in [-0.25, -0.2) is 0 Å². The Morgan fingerprint density at radius 3 is 2.59 bits per heavy atom. The molecule has 1 amide bonds. The second-order valence-electron chi connectivity index (χ2n) is 6.23. The highest BCUT2D eigenvalue weighted by atomic mass is 28.4. The standard InChI is InChI=1S/C13H25NO2Si/c1-7-9-14-10-8-11(12(14)15)16-17(5,6)13(2,3)4/h7,11H,1,8-10H2,2-6H3/t11-/m0/s1. The van der Waals surface area contributed by atoms with E-state index in [4.69, 9.17) is 4.43 Å². The first-order valence-electron chi connectivity index (χ1n) is 6.26. The Kier molecular flexibility index (Phi) is 4.20. The second kappa shape index (κ2) is 4.94. The molecule has 0 aromatic heterocycles. The highest BCUT2D eigenvalue weighted by Gasteiger charge is 2.43. The van der Waals surface area contributed by atoms with E-state index >= 15 is 0 Å². The lowest BCUT2D eigenvalue weighted by atomic mass is 10.2. The van der Waals surface area contributed by atoms with Crippen LogP contribution in [0, 0.1) is 0 Å². The SMILES string of the molecule is C=CCN1CC[C@H](O[Si](C)(C)C(C)(C)C)C1=O. The first kappa shape index (κ1) is 14.4. The van der Waals surface area contributed by atoms with Crippen LogP contribution in [-0.2, 0) is 9.22 Å². The number of nitrogens with zero attached hydrogens (tertiary/aromatic N) is 1. The summed E-state index contributed by atoms with van der Waals surface area (Å²) in [7, 11) is -1.84. The second-order valence-corrected chi connectivity index (χ2v) is 11.0. The summed E-state index contributed by atoms with van der Waals surface area (Å²) in [5.74, 6) is 0.134. The van der Waals surface area contributed by atoms with E-state index < -0.39 is 8.32 Å². The lowest BCUT2D eigenvalue weighted by molar-refractivity contribution is -0.133. The Morgan fingerprint density at radius 2 is 2.12 bits per heavy atom. The summed E-state index contributed by atoms with van der Waals surface area (Å²) in [4.78, 5) is 13.9. The fourth-order valence-corrected chi connectivity index (χ4v) is 2.97. The third-order valence-corrected chi connectivity index (χ3v) is 8.33. The number of carbonyl (C=O) groups excluding carboxylic acids is 1. The highest BCUT2D eigenvalue weighted by Crippen LogP contribution is 2.38. The van der Waals surface area contributed by atoms with Gasteiger partial charge in [0.1, 0.15) is 6.10 Å². The highest BCUT2D eigenvalue weighted by molar-refractivity contribution is 6.74. The molecule has 1 aliphatic rings. The molecule has 0 saturated carbocycles. The van der Waals surface area contributed by atoms with Crippen LogP contribution in [0.25, 0.3) is 0 Å². The molecule has 0 radical (unpaired) electrons. The van der Waals surface area contributed by atoms with Gasteiger partial charge < -0.3 is 9.33 Å². The van der Waals surface area contributed by atoms with Crippen LogP contribution in [-0.4, -0.2) is 38.3 Å². The van der Waals surface area contributed by atoms with Crippen molar-refractivity contribution in [1.29, 1.82) is 0 Å². The third kappa shape index (κ3) is 3.19. The minimum Gasteiger partial charge on any atom is -0.405 e. The van der Waals surface area contributed by atoms with Crippen LogP contribution in [0.4, 0.5) is 0 Å². The van der Waals surface area contributed by atoms with E-state index in [1.165, 1.54) is 0 Å². The smallest absolute Gasteiger partial charge is 0.250 e. The minimum atomic E-state index is -1.84. The molecule has 17 heavy (non-hydrogen) atoms. The molecule has 1 atom stereocenters. The van der Waals surface area contributed by atoms with Gasteiger partial charge in [-0.2, -0.15) is 0 Å². The summed E-state index contributed by atoms with van der Waals surface area (Å²) in [6, 6.07) is 0. The van der Waals surface area contributed by atoms with E-state index in [1.54, 1.807) is 6.08 Å². The van der Waals surface area contributed by atoms with Crippen molar-refractivity contribution in [2.24, 2.45) is 0 Å². The number of rotatable bonds is 4. The molecule has 0 aromatic carbocycles. The van der Waals surface area contributed by atoms with Crippen molar-refractivity contribution in [2.75, 3.05) is 13.1 Å². The van der Waals surface area contributed by atoms with Crippen molar-refractivity contribution in [3.63, 3.8) is 0 Å². The lowest BCUT2D eigenvalue weighted by Crippen LogP contribution is -2.46. The molecule has 0 spiro atoms. The van der Waals surface area contributed by atoms with Gasteiger partial charge in [-0.05, 0) is 24.6 Å². The first-order chi connectivity index (χ1) is 7.69. The number of carbonyl (C=O) groups is 1. The van der Waals surface area contributed by atoms with Crippen molar-refractivity contribution >= 4 is 14.2 Å². The average Bonchev–Trinajstić information content (AvgIpc) is 2.48. The van der Waals surface area contributed by atoms with Crippen molar-refractivity contribution in [3.8, 4) is 0 Å². The van der Waals surface area contributed by atoms with Crippen LogP contribution in [0.3, 0.4) is 0 Å². The van der Waals surface area contributed by atoms with Gasteiger partial charge >= 0.3 is 0 Å². The summed E-state index contributed by atoms with van der Waals surface area (Å²) < 4.78 is 6.17. The number of hydrogen-bond acceptors (Lipinski definition) is 2. The number of hydrogen-bond donors (Lipinski definition) is 0. The van der Waals surface area contributed by atoms with Crippen molar-refractivity contribution in [1.82, 2.24) is 4.90 Å². The van der Waals surface area contributed by atoms with E-state index in [0.29, 0.717) is 6.54 Å². The largest absolute Gasteiger partial charge is 0.405 e. The molecule has 1 saturated heterocycles. The van der Waals surface area contributed by atoms with E-state index in [-0.39, 0.29) is 17.0 Å². The molecule has 0 aromatic rings. The molecule has 1 aliphatic heterocycles. The van der Waals surface area contributed by atoms with Gasteiger partial charge in [0.2, 0.25) is 0 Å².